The van der Waals surface area contributed by atoms with Gasteiger partial charge < -0.3 is 27.9 Å². The number of hydrogen-bond donors (Lipinski definition) is 0. The molecule has 0 fully saturated rings. The number of unbranched alkanes of at least 4 members (excludes halogenated alkanes) is 39. The molecule has 0 saturated heterocycles. The maximum atomic E-state index is 12.8. The van der Waals surface area contributed by atoms with Crippen molar-refractivity contribution >= 4 is 19.8 Å². The summed E-state index contributed by atoms with van der Waals surface area (Å²) in [4.78, 5) is 37.8. The molecule has 10 heteroatoms. The van der Waals surface area contributed by atoms with E-state index in [1.165, 1.54) is 225 Å². The van der Waals surface area contributed by atoms with E-state index in [4.69, 9.17) is 18.5 Å². The quantitative estimate of drug-likeness (QED) is 0.0257. The molecule has 65 heavy (non-hydrogen) atoms. The van der Waals surface area contributed by atoms with Crippen LogP contribution in [0.25, 0.3) is 0 Å². The Labute approximate surface area is 404 Å². The van der Waals surface area contributed by atoms with Crippen LogP contribution in [0, 0.1) is 0 Å². The highest BCUT2D eigenvalue weighted by Crippen LogP contribution is 2.38. The third-order valence-electron chi connectivity index (χ3n) is 12.9. The van der Waals surface area contributed by atoms with Gasteiger partial charge >= 0.3 is 11.9 Å². The standard InChI is InChI=1S/C55H110NO8P/c1-6-8-10-12-14-16-18-20-22-24-26-27-28-30-32-34-36-38-40-42-44-46-48-55(58)64-53(52-63-65(59,60)62-50-49-56(3,4)5)51-61-54(57)47-45-43-41-39-37-35-33-31-29-25-23-21-19-17-15-13-11-9-7-2/h53H,6-52H2,1-5H3/t53-/m1/s1. The summed E-state index contributed by atoms with van der Waals surface area (Å²) in [5, 5.41) is 0. The molecule has 9 nitrogen and oxygen atoms in total. The van der Waals surface area contributed by atoms with Crippen LogP contribution in [0.4, 0.5) is 0 Å². The minimum Gasteiger partial charge on any atom is -0.756 e. The molecule has 0 aromatic heterocycles. The van der Waals surface area contributed by atoms with Crippen molar-refractivity contribution in [3.8, 4) is 0 Å². The van der Waals surface area contributed by atoms with E-state index in [0.29, 0.717) is 17.4 Å². The number of nitrogens with zero attached hydrogens (tertiary/aromatic N) is 1. The number of rotatable bonds is 53. The van der Waals surface area contributed by atoms with Crippen LogP contribution in [-0.4, -0.2) is 70.0 Å². The summed E-state index contributed by atoms with van der Waals surface area (Å²) >= 11 is 0. The zero-order valence-electron chi connectivity index (χ0n) is 44.0. The molecule has 0 heterocycles. The Kier molecular flexibility index (Phi) is 47.3. The topological polar surface area (TPSA) is 111 Å². The van der Waals surface area contributed by atoms with Crippen LogP contribution in [0.15, 0.2) is 0 Å². The monoisotopic (exact) mass is 944 g/mol. The van der Waals surface area contributed by atoms with Gasteiger partial charge in [-0.25, -0.2) is 0 Å². The summed E-state index contributed by atoms with van der Waals surface area (Å²) in [7, 11) is 1.19. The van der Waals surface area contributed by atoms with Crippen molar-refractivity contribution in [2.75, 3.05) is 47.5 Å². The van der Waals surface area contributed by atoms with Gasteiger partial charge in [0.05, 0.1) is 27.7 Å². The molecule has 0 aromatic rings. The Morgan fingerprint density at radius 1 is 0.415 bits per heavy atom. The van der Waals surface area contributed by atoms with Gasteiger partial charge in [-0.15, -0.1) is 0 Å². The molecule has 1 unspecified atom stereocenters. The zero-order valence-corrected chi connectivity index (χ0v) is 44.9. The van der Waals surface area contributed by atoms with E-state index in [-0.39, 0.29) is 32.0 Å². The number of phosphoric ester groups is 1. The normalized spacial score (nSPS) is 13.3. The van der Waals surface area contributed by atoms with Gasteiger partial charge in [0.15, 0.2) is 6.10 Å². The van der Waals surface area contributed by atoms with Gasteiger partial charge in [0, 0.05) is 12.8 Å². The van der Waals surface area contributed by atoms with Crippen LogP contribution in [-0.2, 0) is 32.7 Å². The predicted molar refractivity (Wildman–Crippen MR) is 273 cm³/mol. The molecule has 0 bridgehead atoms. The largest absolute Gasteiger partial charge is 0.756 e. The summed E-state index contributed by atoms with van der Waals surface area (Å²) < 4.78 is 34.2. The molecule has 0 aliphatic carbocycles. The van der Waals surface area contributed by atoms with Gasteiger partial charge in [0.1, 0.15) is 19.8 Å². The van der Waals surface area contributed by atoms with Crippen LogP contribution < -0.4 is 4.89 Å². The first kappa shape index (κ1) is 64.0. The van der Waals surface area contributed by atoms with Crippen LogP contribution in [0.3, 0.4) is 0 Å². The minimum atomic E-state index is -4.63. The van der Waals surface area contributed by atoms with Crippen molar-refractivity contribution in [1.82, 2.24) is 0 Å². The molecule has 0 aromatic carbocycles. The van der Waals surface area contributed by atoms with Crippen molar-refractivity contribution in [2.24, 2.45) is 0 Å². The number of phosphoric acid groups is 1. The highest BCUT2D eigenvalue weighted by molar-refractivity contribution is 7.45. The van der Waals surface area contributed by atoms with Gasteiger partial charge in [-0.2, -0.15) is 0 Å². The van der Waals surface area contributed by atoms with E-state index >= 15 is 0 Å². The Balaban J connectivity index is 4.13. The number of carbonyl (C=O) groups is 2. The first-order valence-electron chi connectivity index (χ1n) is 28.2. The van der Waals surface area contributed by atoms with Crippen molar-refractivity contribution in [1.29, 1.82) is 0 Å². The van der Waals surface area contributed by atoms with Gasteiger partial charge in [0.25, 0.3) is 7.82 Å². The predicted octanol–water partition coefficient (Wildman–Crippen LogP) is 16.5. The molecular weight excluding hydrogens is 834 g/mol. The van der Waals surface area contributed by atoms with Crippen LogP contribution in [0.1, 0.15) is 290 Å². The Hall–Kier alpha value is -0.990. The van der Waals surface area contributed by atoms with E-state index < -0.39 is 26.5 Å². The number of esters is 2. The molecule has 0 amide bonds. The maximum Gasteiger partial charge on any atom is 0.306 e. The highest BCUT2D eigenvalue weighted by Gasteiger charge is 2.22. The van der Waals surface area contributed by atoms with E-state index in [1.807, 2.05) is 21.1 Å². The molecule has 0 saturated carbocycles. The maximum absolute atomic E-state index is 12.8. The fourth-order valence-electron chi connectivity index (χ4n) is 8.48. The SMILES string of the molecule is CCCCCCCCCCCCCCCCCCCCCCCCC(=O)O[C@H](COC(=O)CCCCCCCCCCCCCCCCCCCCC)COP(=O)([O-])OCC[N+](C)(C)C. The fraction of sp³-hybridized carbons (Fsp3) is 0.964. The lowest BCUT2D eigenvalue weighted by atomic mass is 10.0. The molecular formula is C55H110NO8P. The fourth-order valence-corrected chi connectivity index (χ4v) is 9.21. The van der Waals surface area contributed by atoms with E-state index in [2.05, 4.69) is 13.8 Å². The third-order valence-corrected chi connectivity index (χ3v) is 13.8. The summed E-state index contributed by atoms with van der Waals surface area (Å²) in [6, 6.07) is 0. The minimum absolute atomic E-state index is 0.0251. The first-order chi connectivity index (χ1) is 31.5. The Morgan fingerprint density at radius 3 is 0.985 bits per heavy atom. The highest BCUT2D eigenvalue weighted by atomic mass is 31.2. The van der Waals surface area contributed by atoms with E-state index in [9.17, 15) is 19.0 Å². The average Bonchev–Trinajstić information content (AvgIpc) is 3.26. The Bertz CT molecular complexity index is 1070. The van der Waals surface area contributed by atoms with Gasteiger partial charge in [-0.3, -0.25) is 14.2 Å². The molecule has 0 N–H and O–H groups in total. The lowest BCUT2D eigenvalue weighted by molar-refractivity contribution is -0.870. The number of likely N-dealkylation sites (N-methyl/N-ethyl adjacent to an activating group) is 1. The van der Waals surface area contributed by atoms with Crippen LogP contribution in [0.2, 0.25) is 0 Å². The van der Waals surface area contributed by atoms with Gasteiger partial charge in [0.2, 0.25) is 0 Å². The second-order valence-electron chi connectivity index (χ2n) is 20.7. The lowest BCUT2D eigenvalue weighted by Gasteiger charge is -2.28. The number of quaternary nitrogens is 1. The molecule has 0 rings (SSSR count). The number of ether oxygens (including phenoxy) is 2. The summed E-state index contributed by atoms with van der Waals surface area (Å²) in [5.74, 6) is -0.810. The molecule has 388 valence electrons. The van der Waals surface area contributed by atoms with Crippen LogP contribution in [0.5, 0.6) is 0 Å². The van der Waals surface area contributed by atoms with Gasteiger partial charge in [-0.1, -0.05) is 264 Å². The number of hydrogen-bond acceptors (Lipinski definition) is 8. The molecule has 0 aliphatic rings. The molecule has 2 atom stereocenters. The third kappa shape index (κ3) is 52.2. The zero-order chi connectivity index (χ0) is 47.8. The van der Waals surface area contributed by atoms with E-state index in [1.54, 1.807) is 0 Å². The van der Waals surface area contributed by atoms with Crippen molar-refractivity contribution in [2.45, 2.75) is 296 Å². The molecule has 0 radical (unpaired) electrons. The second kappa shape index (κ2) is 48.1. The Morgan fingerprint density at radius 2 is 0.692 bits per heavy atom. The van der Waals surface area contributed by atoms with E-state index in [0.717, 1.165) is 32.1 Å². The van der Waals surface area contributed by atoms with Gasteiger partial charge in [-0.05, 0) is 12.8 Å². The first-order valence-corrected chi connectivity index (χ1v) is 29.7. The average molecular weight is 944 g/mol. The number of carbonyl (C=O) groups excluding carboxylic acids is 2. The molecule has 0 aliphatic heterocycles. The lowest BCUT2D eigenvalue weighted by Crippen LogP contribution is -2.37. The summed E-state index contributed by atoms with van der Waals surface area (Å²) in [5.41, 5.74) is 0. The van der Waals surface area contributed by atoms with Crippen molar-refractivity contribution in [3.63, 3.8) is 0 Å². The van der Waals surface area contributed by atoms with Crippen LogP contribution >= 0.6 is 7.82 Å². The van der Waals surface area contributed by atoms with Crippen molar-refractivity contribution < 1.29 is 42.1 Å². The van der Waals surface area contributed by atoms with Crippen molar-refractivity contribution in [3.05, 3.63) is 0 Å². The second-order valence-corrected chi connectivity index (χ2v) is 22.1. The smallest absolute Gasteiger partial charge is 0.306 e. The molecule has 0 spiro atoms. The summed E-state index contributed by atoms with van der Waals surface area (Å²) in [6.45, 7) is 4.31. The summed E-state index contributed by atoms with van der Waals surface area (Å²) in [6.07, 6.45) is 52.8.